The van der Waals surface area contributed by atoms with Gasteiger partial charge in [0.15, 0.2) is 0 Å². The van der Waals surface area contributed by atoms with Crippen LogP contribution in [0.2, 0.25) is 5.02 Å². The number of nitrogens with one attached hydrogen (secondary N) is 2. The van der Waals surface area contributed by atoms with Crippen LogP contribution in [0.4, 0.5) is 11.4 Å². The minimum Gasteiger partial charge on any atom is -0.481 e. The lowest BCUT2D eigenvalue weighted by Crippen LogP contribution is -2.34. The molecule has 2 amide bonds. The summed E-state index contributed by atoms with van der Waals surface area (Å²) in [5.74, 6) is -2.99. The summed E-state index contributed by atoms with van der Waals surface area (Å²) < 4.78 is 0. The number of aryl methyl sites for hydroxylation is 1. The number of carbonyl (C=O) groups excluding carboxylic acids is 2. The number of carboxylic acid groups (broad SMARTS) is 1. The van der Waals surface area contributed by atoms with Gasteiger partial charge < -0.3 is 15.7 Å². The maximum Gasteiger partial charge on any atom is 0.307 e. The Hall–Kier alpha value is -3.12. The zero-order valence-electron chi connectivity index (χ0n) is 15.8. The molecule has 2 atom stereocenters. The van der Waals surface area contributed by atoms with E-state index in [0.29, 0.717) is 34.8 Å². The third-order valence-electron chi connectivity index (χ3n) is 4.95. The van der Waals surface area contributed by atoms with Gasteiger partial charge in [0, 0.05) is 22.0 Å². The van der Waals surface area contributed by atoms with Crippen LogP contribution < -0.4 is 10.6 Å². The van der Waals surface area contributed by atoms with Crippen molar-refractivity contribution < 1.29 is 19.5 Å². The number of allylic oxidation sites excluding steroid dienone is 2. The number of rotatable bonds is 5. The van der Waals surface area contributed by atoms with Crippen LogP contribution >= 0.6 is 11.6 Å². The molecule has 3 N–H and O–H groups in total. The molecule has 6 nitrogen and oxygen atoms in total. The number of halogens is 1. The van der Waals surface area contributed by atoms with Crippen molar-refractivity contribution in [3.05, 3.63) is 70.8 Å². The van der Waals surface area contributed by atoms with E-state index in [1.807, 2.05) is 13.0 Å². The fourth-order valence-electron chi connectivity index (χ4n) is 3.24. The lowest BCUT2D eigenvalue weighted by atomic mass is 9.82. The second-order valence-corrected chi connectivity index (χ2v) is 7.41. The van der Waals surface area contributed by atoms with Crippen LogP contribution in [0, 0.1) is 18.8 Å². The fourth-order valence-corrected chi connectivity index (χ4v) is 3.37. The molecule has 0 saturated heterocycles. The minimum atomic E-state index is -0.977. The molecule has 0 aliphatic heterocycles. The average molecular weight is 413 g/mol. The quantitative estimate of drug-likeness (QED) is 0.630. The van der Waals surface area contributed by atoms with Crippen molar-refractivity contribution in [3.8, 4) is 0 Å². The van der Waals surface area contributed by atoms with Crippen LogP contribution in [0.15, 0.2) is 54.6 Å². The van der Waals surface area contributed by atoms with E-state index < -0.39 is 17.8 Å². The normalized spacial score (nSPS) is 18.1. The molecular formula is C22H21ClN2O4. The molecule has 3 rings (SSSR count). The second kappa shape index (κ2) is 8.92. The Kier molecular flexibility index (Phi) is 6.34. The molecule has 2 aromatic carbocycles. The van der Waals surface area contributed by atoms with Gasteiger partial charge in [0.1, 0.15) is 0 Å². The summed E-state index contributed by atoms with van der Waals surface area (Å²) in [5, 5.41) is 15.5. The largest absolute Gasteiger partial charge is 0.481 e. The topological polar surface area (TPSA) is 95.5 Å². The second-order valence-electron chi connectivity index (χ2n) is 6.97. The Balaban J connectivity index is 1.74. The molecular weight excluding hydrogens is 392 g/mol. The molecule has 150 valence electrons. The predicted molar refractivity (Wildman–Crippen MR) is 112 cm³/mol. The molecule has 0 aromatic heterocycles. The van der Waals surface area contributed by atoms with Gasteiger partial charge in [-0.25, -0.2) is 0 Å². The molecule has 1 aliphatic rings. The van der Waals surface area contributed by atoms with Crippen LogP contribution in [0.5, 0.6) is 0 Å². The first kappa shape index (κ1) is 20.6. The number of anilines is 2. The zero-order valence-corrected chi connectivity index (χ0v) is 16.6. The fraction of sp³-hybridized carbons (Fsp3) is 0.227. The van der Waals surface area contributed by atoms with Crippen molar-refractivity contribution in [1.82, 2.24) is 0 Å². The zero-order chi connectivity index (χ0) is 21.0. The van der Waals surface area contributed by atoms with Gasteiger partial charge >= 0.3 is 5.97 Å². The standard InChI is InChI=1S/C22H21ClN2O4/c1-13-6-11-16(24-21(27)17-4-2-3-5-18(17)22(28)29)12-19(13)25-20(26)14-7-9-15(23)10-8-14/h2-3,6-12,17-18H,4-5H2,1H3,(H,24,27)(H,25,26)(H,28,29)/t17-,18-/m1/s1. The first-order valence-electron chi connectivity index (χ1n) is 9.21. The van der Waals surface area contributed by atoms with Gasteiger partial charge in [-0.2, -0.15) is 0 Å². The molecule has 0 fully saturated rings. The third-order valence-corrected chi connectivity index (χ3v) is 5.20. The van der Waals surface area contributed by atoms with Crippen molar-refractivity contribution in [2.45, 2.75) is 19.8 Å². The average Bonchev–Trinajstić information content (AvgIpc) is 2.70. The predicted octanol–water partition coefficient (Wildman–Crippen LogP) is 4.51. The summed E-state index contributed by atoms with van der Waals surface area (Å²) in [6, 6.07) is 11.7. The first-order valence-corrected chi connectivity index (χ1v) is 9.59. The number of aliphatic carboxylic acids is 1. The number of carboxylic acids is 1. The summed E-state index contributed by atoms with van der Waals surface area (Å²) in [4.78, 5) is 36.5. The Morgan fingerprint density at radius 2 is 1.62 bits per heavy atom. The van der Waals surface area contributed by atoms with Gasteiger partial charge in [0.25, 0.3) is 5.91 Å². The Labute approximate surface area is 173 Å². The summed E-state index contributed by atoms with van der Waals surface area (Å²) in [5.41, 5.74) is 2.34. The lowest BCUT2D eigenvalue weighted by Gasteiger charge is -2.24. The van der Waals surface area contributed by atoms with E-state index in [1.165, 1.54) is 0 Å². The van der Waals surface area contributed by atoms with Gasteiger partial charge in [-0.1, -0.05) is 29.8 Å². The maximum atomic E-state index is 12.6. The van der Waals surface area contributed by atoms with E-state index in [4.69, 9.17) is 11.6 Å². The summed E-state index contributed by atoms with van der Waals surface area (Å²) in [6.07, 6.45) is 4.34. The van der Waals surface area contributed by atoms with Gasteiger partial charge in [0.2, 0.25) is 5.91 Å². The number of hydrogen-bond donors (Lipinski definition) is 3. The molecule has 0 heterocycles. The molecule has 2 aromatic rings. The highest BCUT2D eigenvalue weighted by Crippen LogP contribution is 2.28. The van der Waals surface area contributed by atoms with Crippen molar-refractivity contribution >= 4 is 40.8 Å². The van der Waals surface area contributed by atoms with Crippen molar-refractivity contribution in [3.63, 3.8) is 0 Å². The Morgan fingerprint density at radius 1 is 0.966 bits per heavy atom. The van der Waals surface area contributed by atoms with Gasteiger partial charge in [-0.3, -0.25) is 14.4 Å². The molecule has 0 bridgehead atoms. The molecule has 7 heteroatoms. The number of carbonyl (C=O) groups is 3. The number of amides is 2. The highest BCUT2D eigenvalue weighted by atomic mass is 35.5. The lowest BCUT2D eigenvalue weighted by molar-refractivity contribution is -0.146. The van der Waals surface area contributed by atoms with Crippen molar-refractivity contribution in [1.29, 1.82) is 0 Å². The van der Waals surface area contributed by atoms with E-state index >= 15 is 0 Å². The van der Waals surface area contributed by atoms with Crippen molar-refractivity contribution in [2.24, 2.45) is 11.8 Å². The van der Waals surface area contributed by atoms with Crippen LogP contribution in [0.3, 0.4) is 0 Å². The van der Waals surface area contributed by atoms with Crippen LogP contribution in [-0.4, -0.2) is 22.9 Å². The monoisotopic (exact) mass is 412 g/mol. The molecule has 0 spiro atoms. The number of benzene rings is 2. The van der Waals surface area contributed by atoms with Gasteiger partial charge in [-0.05, 0) is 61.7 Å². The Morgan fingerprint density at radius 3 is 2.28 bits per heavy atom. The Bertz CT molecular complexity index is 969. The third kappa shape index (κ3) is 5.03. The molecule has 0 saturated carbocycles. The van der Waals surface area contributed by atoms with Crippen LogP contribution in [0.25, 0.3) is 0 Å². The first-order chi connectivity index (χ1) is 13.8. The summed E-state index contributed by atoms with van der Waals surface area (Å²) >= 11 is 5.85. The molecule has 29 heavy (non-hydrogen) atoms. The van der Waals surface area contributed by atoms with E-state index in [2.05, 4.69) is 10.6 Å². The van der Waals surface area contributed by atoms with Crippen molar-refractivity contribution in [2.75, 3.05) is 10.6 Å². The summed E-state index contributed by atoms with van der Waals surface area (Å²) in [6.45, 7) is 1.84. The molecule has 0 radical (unpaired) electrons. The minimum absolute atomic E-state index is 0.295. The number of hydrogen-bond acceptors (Lipinski definition) is 3. The highest BCUT2D eigenvalue weighted by molar-refractivity contribution is 6.30. The summed E-state index contributed by atoms with van der Waals surface area (Å²) in [7, 11) is 0. The van der Waals surface area contributed by atoms with Gasteiger partial charge in [0.05, 0.1) is 11.8 Å². The van der Waals surface area contributed by atoms with E-state index in [1.54, 1.807) is 48.5 Å². The van der Waals surface area contributed by atoms with Crippen LogP contribution in [0.1, 0.15) is 28.8 Å². The maximum absolute atomic E-state index is 12.6. The van der Waals surface area contributed by atoms with Crippen LogP contribution in [-0.2, 0) is 9.59 Å². The molecule has 0 unspecified atom stereocenters. The van der Waals surface area contributed by atoms with Gasteiger partial charge in [-0.15, -0.1) is 0 Å². The molecule has 1 aliphatic carbocycles. The highest BCUT2D eigenvalue weighted by Gasteiger charge is 2.34. The SMILES string of the molecule is Cc1ccc(NC(=O)[C@@H]2CC=CC[C@H]2C(=O)O)cc1NC(=O)c1ccc(Cl)cc1. The van der Waals surface area contributed by atoms with E-state index in [9.17, 15) is 19.5 Å². The van der Waals surface area contributed by atoms with E-state index in [-0.39, 0.29) is 11.8 Å². The van der Waals surface area contributed by atoms with E-state index in [0.717, 1.165) is 5.56 Å². The smallest absolute Gasteiger partial charge is 0.307 e.